The van der Waals surface area contributed by atoms with Gasteiger partial charge in [-0.25, -0.2) is 9.59 Å². The summed E-state index contributed by atoms with van der Waals surface area (Å²) in [6.07, 6.45) is -0.687. The highest BCUT2D eigenvalue weighted by molar-refractivity contribution is 5.86. The first kappa shape index (κ1) is 17.1. The van der Waals surface area contributed by atoms with Crippen LogP contribution in [0.4, 0.5) is 4.79 Å². The summed E-state index contributed by atoms with van der Waals surface area (Å²) >= 11 is 0. The number of nitrogens with one attached hydrogen (secondary N) is 2. The Morgan fingerprint density at radius 2 is 1.84 bits per heavy atom. The molecule has 2 amide bonds. The van der Waals surface area contributed by atoms with Crippen molar-refractivity contribution in [2.24, 2.45) is 0 Å². The topological polar surface area (TPSA) is 134 Å². The smallest absolute Gasteiger partial charge is 0.326 e. The molecule has 0 aliphatic carbocycles. The molecule has 0 saturated carbocycles. The minimum atomic E-state index is -1.47. The summed E-state index contributed by atoms with van der Waals surface area (Å²) in [6.45, 7) is 1.24. The molecule has 1 unspecified atom stereocenters. The molecular weight excluding hydrogens is 260 g/mol. The van der Waals surface area contributed by atoms with Crippen molar-refractivity contribution in [1.29, 1.82) is 0 Å². The summed E-state index contributed by atoms with van der Waals surface area (Å²) in [4.78, 5) is 32.3. The van der Waals surface area contributed by atoms with Crippen molar-refractivity contribution in [3.63, 3.8) is 0 Å². The summed E-state index contributed by atoms with van der Waals surface area (Å²) in [6, 6.07) is -2.23. The van der Waals surface area contributed by atoms with E-state index in [2.05, 4.69) is 5.32 Å². The number of aliphatic carboxylic acids is 2. The van der Waals surface area contributed by atoms with Crippen LogP contribution in [0, 0.1) is 0 Å². The minimum absolute atomic E-state index is 0.176. The van der Waals surface area contributed by atoms with Gasteiger partial charge in [0.1, 0.15) is 6.04 Å². The zero-order chi connectivity index (χ0) is 14.7. The number of carboxylic acids is 2. The van der Waals surface area contributed by atoms with Gasteiger partial charge < -0.3 is 30.3 Å². The van der Waals surface area contributed by atoms with E-state index in [9.17, 15) is 14.4 Å². The van der Waals surface area contributed by atoms with Gasteiger partial charge in [0.05, 0.1) is 26.2 Å². The fourth-order valence-corrected chi connectivity index (χ4v) is 1.07. The maximum absolute atomic E-state index is 11.3. The van der Waals surface area contributed by atoms with Gasteiger partial charge >= 0.3 is 18.0 Å². The molecule has 0 aromatic carbocycles. The van der Waals surface area contributed by atoms with E-state index in [0.29, 0.717) is 13.2 Å². The second kappa shape index (κ2) is 10.1. The van der Waals surface area contributed by atoms with Crippen LogP contribution in [0.2, 0.25) is 0 Å². The predicted molar refractivity (Wildman–Crippen MR) is 62.9 cm³/mol. The van der Waals surface area contributed by atoms with E-state index in [1.807, 2.05) is 5.32 Å². The third-order valence-electron chi connectivity index (χ3n) is 1.95. The Morgan fingerprint density at radius 3 is 2.37 bits per heavy atom. The van der Waals surface area contributed by atoms with Crippen molar-refractivity contribution in [1.82, 2.24) is 10.6 Å². The lowest BCUT2D eigenvalue weighted by Crippen LogP contribution is -2.47. The number of urea groups is 1. The molecule has 0 aliphatic heterocycles. The van der Waals surface area contributed by atoms with Crippen molar-refractivity contribution < 1.29 is 34.1 Å². The summed E-state index contributed by atoms with van der Waals surface area (Å²) in [7, 11) is 1.53. The normalized spacial score (nSPS) is 11.6. The van der Waals surface area contributed by atoms with Gasteiger partial charge in [-0.1, -0.05) is 0 Å². The molecule has 0 spiro atoms. The van der Waals surface area contributed by atoms with Gasteiger partial charge in [-0.3, -0.25) is 4.79 Å². The van der Waals surface area contributed by atoms with Crippen LogP contribution in [0.1, 0.15) is 6.42 Å². The Bertz CT molecular complexity index is 308. The maximum Gasteiger partial charge on any atom is 0.326 e. The second-order valence-electron chi connectivity index (χ2n) is 3.49. The number of carbonyl (C=O) groups excluding carboxylic acids is 1. The molecule has 19 heavy (non-hydrogen) atoms. The quantitative estimate of drug-likeness (QED) is 0.372. The van der Waals surface area contributed by atoms with Crippen LogP contribution in [-0.4, -0.2) is 67.7 Å². The van der Waals surface area contributed by atoms with Crippen LogP contribution in [-0.2, 0) is 19.1 Å². The maximum atomic E-state index is 11.3. The van der Waals surface area contributed by atoms with Gasteiger partial charge in [-0.15, -0.1) is 0 Å². The Labute approximate surface area is 109 Å². The highest BCUT2D eigenvalue weighted by Crippen LogP contribution is 1.92. The molecular formula is C10H18N2O7. The molecule has 0 heterocycles. The van der Waals surface area contributed by atoms with Gasteiger partial charge in [0.2, 0.25) is 0 Å². The van der Waals surface area contributed by atoms with E-state index >= 15 is 0 Å². The van der Waals surface area contributed by atoms with Crippen molar-refractivity contribution in [3.8, 4) is 0 Å². The number of rotatable bonds is 10. The average molecular weight is 278 g/mol. The Morgan fingerprint density at radius 1 is 1.16 bits per heavy atom. The zero-order valence-corrected chi connectivity index (χ0v) is 10.5. The zero-order valence-electron chi connectivity index (χ0n) is 10.5. The van der Waals surface area contributed by atoms with Crippen LogP contribution in [0.3, 0.4) is 0 Å². The largest absolute Gasteiger partial charge is 0.481 e. The standard InChI is InChI=1S/C10H18N2O7/c1-18-4-5-19-3-2-11-10(17)12-7(9(15)16)6-8(13)14/h7H,2-6H2,1H3,(H,13,14)(H,15,16)(H2,11,12,17). The molecule has 0 saturated heterocycles. The summed E-state index contributed by atoms with van der Waals surface area (Å²) < 4.78 is 9.80. The molecule has 4 N–H and O–H groups in total. The number of carboxylic acid groups (broad SMARTS) is 2. The lowest BCUT2D eigenvalue weighted by Gasteiger charge is -2.13. The molecule has 1 atom stereocenters. The van der Waals surface area contributed by atoms with Gasteiger partial charge in [0.15, 0.2) is 0 Å². The number of carbonyl (C=O) groups is 3. The highest BCUT2D eigenvalue weighted by Gasteiger charge is 2.22. The molecule has 0 aromatic rings. The Kier molecular flexibility index (Phi) is 9.10. The lowest BCUT2D eigenvalue weighted by molar-refractivity contribution is -0.145. The van der Waals surface area contributed by atoms with Crippen LogP contribution in [0.15, 0.2) is 0 Å². The van der Waals surface area contributed by atoms with Gasteiger partial charge in [0, 0.05) is 13.7 Å². The summed E-state index contributed by atoms with van der Waals surface area (Å²) in [5, 5.41) is 21.6. The molecule has 9 nitrogen and oxygen atoms in total. The van der Waals surface area contributed by atoms with E-state index in [1.54, 1.807) is 0 Å². The predicted octanol–water partition coefficient (Wildman–Crippen LogP) is -1.12. The van der Waals surface area contributed by atoms with E-state index in [-0.39, 0.29) is 13.2 Å². The van der Waals surface area contributed by atoms with Gasteiger partial charge in [-0.2, -0.15) is 0 Å². The fourth-order valence-electron chi connectivity index (χ4n) is 1.07. The lowest BCUT2D eigenvalue weighted by atomic mass is 10.2. The van der Waals surface area contributed by atoms with Crippen LogP contribution < -0.4 is 10.6 Å². The third-order valence-corrected chi connectivity index (χ3v) is 1.95. The van der Waals surface area contributed by atoms with Gasteiger partial charge in [0.25, 0.3) is 0 Å². The SMILES string of the molecule is COCCOCCNC(=O)NC(CC(=O)O)C(=O)O. The fraction of sp³-hybridized carbons (Fsp3) is 0.700. The number of hydrogen-bond donors (Lipinski definition) is 4. The Hall–Kier alpha value is -1.87. The monoisotopic (exact) mass is 278 g/mol. The molecule has 0 rings (SSSR count). The summed E-state index contributed by atoms with van der Waals surface area (Å²) in [5.74, 6) is -2.72. The van der Waals surface area contributed by atoms with Gasteiger partial charge in [-0.05, 0) is 0 Å². The third kappa shape index (κ3) is 9.80. The Balaban J connectivity index is 3.81. The van der Waals surface area contributed by atoms with Crippen molar-refractivity contribution in [2.45, 2.75) is 12.5 Å². The second-order valence-corrected chi connectivity index (χ2v) is 3.49. The molecule has 110 valence electrons. The van der Waals surface area contributed by atoms with E-state index < -0.39 is 30.4 Å². The van der Waals surface area contributed by atoms with Crippen molar-refractivity contribution in [3.05, 3.63) is 0 Å². The minimum Gasteiger partial charge on any atom is -0.481 e. The average Bonchev–Trinajstić information content (AvgIpc) is 2.32. The first-order valence-electron chi connectivity index (χ1n) is 5.53. The first-order chi connectivity index (χ1) is 8.97. The van der Waals surface area contributed by atoms with E-state index in [4.69, 9.17) is 19.7 Å². The van der Waals surface area contributed by atoms with Crippen LogP contribution in [0.25, 0.3) is 0 Å². The molecule has 0 radical (unpaired) electrons. The number of amides is 2. The molecule has 9 heteroatoms. The highest BCUT2D eigenvalue weighted by atomic mass is 16.5. The molecule has 0 fully saturated rings. The molecule has 0 aliphatic rings. The van der Waals surface area contributed by atoms with Crippen LogP contribution in [0.5, 0.6) is 0 Å². The van der Waals surface area contributed by atoms with Crippen molar-refractivity contribution in [2.75, 3.05) is 33.5 Å². The number of hydrogen-bond acceptors (Lipinski definition) is 5. The molecule has 0 bridgehead atoms. The number of ether oxygens (including phenoxy) is 2. The van der Waals surface area contributed by atoms with Crippen LogP contribution >= 0.6 is 0 Å². The summed E-state index contributed by atoms with van der Waals surface area (Å²) in [5.41, 5.74) is 0. The number of methoxy groups -OCH3 is 1. The van der Waals surface area contributed by atoms with E-state index in [0.717, 1.165) is 0 Å². The van der Waals surface area contributed by atoms with Crippen molar-refractivity contribution >= 4 is 18.0 Å². The van der Waals surface area contributed by atoms with E-state index in [1.165, 1.54) is 7.11 Å². The molecule has 0 aromatic heterocycles. The first-order valence-corrected chi connectivity index (χ1v) is 5.53.